The van der Waals surface area contributed by atoms with Crippen LogP contribution < -0.4 is 10.9 Å². The molecule has 3 aliphatic rings. The van der Waals surface area contributed by atoms with Gasteiger partial charge in [-0.3, -0.25) is 14.4 Å². The van der Waals surface area contributed by atoms with Crippen LogP contribution in [0.4, 0.5) is 4.39 Å². The molecule has 3 atom stereocenters. The number of pyridine rings is 2. The molecule has 0 saturated carbocycles. The maximum Gasteiger partial charge on any atom is 0.343 e. The lowest BCUT2D eigenvalue weighted by atomic mass is 9.81. The second-order valence-corrected chi connectivity index (χ2v) is 13.3. The van der Waals surface area contributed by atoms with Gasteiger partial charge in [0.05, 0.1) is 54.1 Å². The second-order valence-electron chi connectivity index (χ2n) is 13.3. The fraction of sp³-hybridized carbons (Fsp3) is 0.378. The number of nitrogens with zero attached hydrogens (tertiary/aromatic N) is 3. The standard InChI is InChI=1S/C37H37FN4O7/c1-4-37(48)25-13-29-34-23(16-42(29)35(46)24(25)18-49-36(37)47)33-27(11-10-22-20(3)26(38)14-28(40-34)32(22)33)39-30(44)17-41(15-19(2)43)31(45)12-21-8-6-5-7-9-21/h5-9,13-14,19,27,43,48H,4,10-12,15-18H2,1-3H3,(H,39,44)/t19?,27?,37-/m0/s1. The van der Waals surface area contributed by atoms with Gasteiger partial charge in [-0.05, 0) is 61.4 Å². The smallest absolute Gasteiger partial charge is 0.343 e. The molecule has 1 aliphatic carbocycles. The number of hydrogen-bond donors (Lipinski definition) is 3. The van der Waals surface area contributed by atoms with Crippen LogP contribution in [0.25, 0.3) is 22.3 Å². The molecule has 4 aromatic rings. The lowest BCUT2D eigenvalue weighted by Crippen LogP contribution is -2.45. The van der Waals surface area contributed by atoms with Gasteiger partial charge in [0.1, 0.15) is 12.4 Å². The van der Waals surface area contributed by atoms with Crippen LogP contribution in [0, 0.1) is 12.7 Å². The number of hydrogen-bond acceptors (Lipinski definition) is 8. The predicted octanol–water partition coefficient (Wildman–Crippen LogP) is 3.08. The summed E-state index contributed by atoms with van der Waals surface area (Å²) in [5, 5.41) is 25.3. The van der Waals surface area contributed by atoms with Crippen LogP contribution in [0.3, 0.4) is 0 Å². The first kappa shape index (κ1) is 32.6. The Morgan fingerprint density at radius 2 is 1.94 bits per heavy atom. The Labute approximate surface area is 281 Å². The van der Waals surface area contributed by atoms with E-state index in [2.05, 4.69) is 5.32 Å². The van der Waals surface area contributed by atoms with Gasteiger partial charge in [-0.2, -0.15) is 0 Å². The molecular weight excluding hydrogens is 631 g/mol. The van der Waals surface area contributed by atoms with Crippen molar-refractivity contribution in [2.75, 3.05) is 13.1 Å². The number of esters is 1. The maximum atomic E-state index is 15.3. The summed E-state index contributed by atoms with van der Waals surface area (Å²) in [4.78, 5) is 59.7. The number of fused-ring (bicyclic) bond motifs is 5. The molecule has 0 spiro atoms. The minimum Gasteiger partial charge on any atom is -0.458 e. The molecule has 0 fully saturated rings. The van der Waals surface area contributed by atoms with Crippen molar-refractivity contribution >= 4 is 28.7 Å². The number of nitrogens with one attached hydrogen (secondary N) is 1. The van der Waals surface area contributed by atoms with Crippen molar-refractivity contribution in [1.29, 1.82) is 0 Å². The first-order chi connectivity index (χ1) is 23.4. The predicted molar refractivity (Wildman–Crippen MR) is 177 cm³/mol. The summed E-state index contributed by atoms with van der Waals surface area (Å²) in [5.41, 5.74) is 2.53. The van der Waals surface area contributed by atoms with E-state index in [-0.39, 0.29) is 56.1 Å². The molecule has 12 heteroatoms. The number of cyclic esters (lactones) is 1. The van der Waals surface area contributed by atoms with Gasteiger partial charge in [-0.1, -0.05) is 37.3 Å². The van der Waals surface area contributed by atoms with E-state index in [4.69, 9.17) is 9.72 Å². The van der Waals surface area contributed by atoms with Crippen molar-refractivity contribution < 1.29 is 33.7 Å². The van der Waals surface area contributed by atoms with E-state index in [0.717, 1.165) is 16.7 Å². The van der Waals surface area contributed by atoms with Gasteiger partial charge < -0.3 is 29.7 Å². The summed E-state index contributed by atoms with van der Waals surface area (Å²) in [6.45, 7) is 4.42. The number of carbonyl (C=O) groups excluding carboxylic acids is 3. The van der Waals surface area contributed by atoms with Gasteiger partial charge in [0.15, 0.2) is 5.60 Å². The monoisotopic (exact) mass is 668 g/mol. The molecule has 2 aromatic heterocycles. The Morgan fingerprint density at radius 1 is 1.18 bits per heavy atom. The van der Waals surface area contributed by atoms with Gasteiger partial charge in [0, 0.05) is 29.1 Å². The molecule has 0 radical (unpaired) electrons. The fourth-order valence-corrected chi connectivity index (χ4v) is 7.57. The molecule has 4 heterocycles. The zero-order valence-corrected chi connectivity index (χ0v) is 27.5. The summed E-state index contributed by atoms with van der Waals surface area (Å²) in [6.07, 6.45) is 0.105. The molecule has 2 aromatic carbocycles. The number of aromatic nitrogens is 2. The molecule has 2 amide bonds. The van der Waals surface area contributed by atoms with Crippen molar-refractivity contribution in [3.8, 4) is 11.4 Å². The van der Waals surface area contributed by atoms with E-state index in [0.29, 0.717) is 46.3 Å². The number of benzene rings is 2. The van der Waals surface area contributed by atoms with Gasteiger partial charge in [-0.25, -0.2) is 14.2 Å². The number of rotatable bonds is 8. The number of aryl methyl sites for hydroxylation is 1. The fourth-order valence-electron chi connectivity index (χ4n) is 7.57. The largest absolute Gasteiger partial charge is 0.458 e. The number of ether oxygens (including phenoxy) is 1. The first-order valence-corrected chi connectivity index (χ1v) is 16.5. The number of aliphatic hydroxyl groups is 2. The molecule has 2 aliphatic heterocycles. The number of aliphatic hydroxyl groups excluding tert-OH is 1. The molecule has 3 N–H and O–H groups in total. The zero-order chi connectivity index (χ0) is 34.8. The lowest BCUT2D eigenvalue weighted by Gasteiger charge is -2.31. The van der Waals surface area contributed by atoms with Crippen molar-refractivity contribution in [2.24, 2.45) is 0 Å². The Kier molecular flexibility index (Phi) is 8.11. The highest BCUT2D eigenvalue weighted by atomic mass is 19.1. The van der Waals surface area contributed by atoms with E-state index < -0.39 is 41.0 Å². The SMILES string of the molecule is CC[C@@]1(O)C(=O)OCc2c1cc1n(c2=O)Cc2c-1nc1cc(F)c(C)c3c1c2C(NC(=O)CN(CC(C)O)C(=O)Cc1ccccc1)CC3. The van der Waals surface area contributed by atoms with Crippen LogP contribution in [0.1, 0.15) is 71.7 Å². The summed E-state index contributed by atoms with van der Waals surface area (Å²) in [5.74, 6) is -1.98. The minimum atomic E-state index is -2.00. The Bertz CT molecular complexity index is 2110. The number of halogens is 1. The topological polar surface area (TPSA) is 151 Å². The quantitative estimate of drug-likeness (QED) is 0.214. The highest BCUT2D eigenvalue weighted by molar-refractivity contribution is 5.94. The summed E-state index contributed by atoms with van der Waals surface area (Å²) in [7, 11) is 0. The van der Waals surface area contributed by atoms with E-state index in [1.165, 1.54) is 15.5 Å². The van der Waals surface area contributed by atoms with Crippen molar-refractivity contribution in [2.45, 2.75) is 77.4 Å². The molecule has 0 bridgehead atoms. The molecule has 49 heavy (non-hydrogen) atoms. The molecule has 254 valence electrons. The summed E-state index contributed by atoms with van der Waals surface area (Å²) >= 11 is 0. The van der Waals surface area contributed by atoms with Crippen LogP contribution in [-0.2, 0) is 50.7 Å². The average molecular weight is 669 g/mol. The molecule has 0 saturated heterocycles. The van der Waals surface area contributed by atoms with Gasteiger partial charge in [-0.15, -0.1) is 0 Å². The Morgan fingerprint density at radius 3 is 2.65 bits per heavy atom. The summed E-state index contributed by atoms with van der Waals surface area (Å²) in [6, 6.07) is 11.6. The van der Waals surface area contributed by atoms with Crippen LogP contribution >= 0.6 is 0 Å². The van der Waals surface area contributed by atoms with Crippen LogP contribution in [-0.4, -0.2) is 61.6 Å². The molecule has 7 rings (SSSR count). The highest BCUT2D eigenvalue weighted by Crippen LogP contribution is 2.46. The molecular formula is C37H37FN4O7. The van der Waals surface area contributed by atoms with E-state index in [1.54, 1.807) is 26.8 Å². The van der Waals surface area contributed by atoms with Crippen LogP contribution in [0.15, 0.2) is 47.3 Å². The van der Waals surface area contributed by atoms with Crippen molar-refractivity contribution in [1.82, 2.24) is 19.8 Å². The van der Waals surface area contributed by atoms with E-state index in [1.807, 2.05) is 30.3 Å². The normalized spacial score (nSPS) is 19.5. The third kappa shape index (κ3) is 5.39. The Balaban J connectivity index is 1.29. The van der Waals surface area contributed by atoms with E-state index in [9.17, 15) is 29.4 Å². The first-order valence-electron chi connectivity index (χ1n) is 16.5. The summed E-state index contributed by atoms with van der Waals surface area (Å²) < 4.78 is 22.0. The van der Waals surface area contributed by atoms with Gasteiger partial charge >= 0.3 is 5.97 Å². The number of amides is 2. The van der Waals surface area contributed by atoms with Gasteiger partial charge in [0.2, 0.25) is 11.8 Å². The van der Waals surface area contributed by atoms with Gasteiger partial charge in [0.25, 0.3) is 5.56 Å². The third-order valence-corrected chi connectivity index (χ3v) is 10.1. The number of carbonyl (C=O) groups is 3. The lowest BCUT2D eigenvalue weighted by molar-refractivity contribution is -0.172. The Hall–Kier alpha value is -4.94. The molecule has 11 nitrogen and oxygen atoms in total. The van der Waals surface area contributed by atoms with E-state index >= 15 is 4.39 Å². The van der Waals surface area contributed by atoms with Crippen LogP contribution in [0.2, 0.25) is 0 Å². The van der Waals surface area contributed by atoms with Crippen molar-refractivity contribution in [3.05, 3.63) is 97.6 Å². The van der Waals surface area contributed by atoms with Crippen LogP contribution in [0.5, 0.6) is 0 Å². The molecule has 2 unspecified atom stereocenters. The zero-order valence-electron chi connectivity index (χ0n) is 27.5. The average Bonchev–Trinajstić information content (AvgIpc) is 3.44. The second kappa shape index (κ2) is 12.2. The maximum absolute atomic E-state index is 15.3. The highest BCUT2D eigenvalue weighted by Gasteiger charge is 2.46. The minimum absolute atomic E-state index is 0.00708. The third-order valence-electron chi connectivity index (χ3n) is 10.1. The van der Waals surface area contributed by atoms with Crippen molar-refractivity contribution in [3.63, 3.8) is 0 Å².